The number of benzene rings is 2. The molecule has 1 atom stereocenters. The maximum absolute atomic E-state index is 13.0. The van der Waals surface area contributed by atoms with Gasteiger partial charge in [0.25, 0.3) is 0 Å². The second-order valence-corrected chi connectivity index (χ2v) is 8.54. The van der Waals surface area contributed by atoms with Crippen molar-refractivity contribution >= 4 is 11.6 Å². The van der Waals surface area contributed by atoms with E-state index < -0.39 is 30.9 Å². The van der Waals surface area contributed by atoms with Gasteiger partial charge in [-0.2, -0.15) is 13.2 Å². The molecule has 2 heterocycles. The molecule has 184 valence electrons. The molecule has 0 fully saturated rings. The van der Waals surface area contributed by atoms with Gasteiger partial charge in [0.2, 0.25) is 0 Å². The van der Waals surface area contributed by atoms with Crippen molar-refractivity contribution in [3.63, 3.8) is 0 Å². The molecule has 12 heteroatoms. The van der Waals surface area contributed by atoms with Gasteiger partial charge >= 0.3 is 11.9 Å². The molecule has 0 aliphatic carbocycles. The molecule has 2 aromatic heterocycles. The second kappa shape index (κ2) is 9.67. The molecule has 35 heavy (non-hydrogen) atoms. The third-order valence-electron chi connectivity index (χ3n) is 5.23. The third kappa shape index (κ3) is 5.63. The molecule has 1 unspecified atom stereocenters. The first-order valence-electron chi connectivity index (χ1n) is 10.7. The first kappa shape index (κ1) is 24.7. The molecule has 0 aliphatic rings. The zero-order valence-corrected chi connectivity index (χ0v) is 19.6. The van der Waals surface area contributed by atoms with E-state index in [1.807, 2.05) is 25.1 Å². The Morgan fingerprint density at radius 2 is 1.83 bits per heavy atom. The van der Waals surface area contributed by atoms with Gasteiger partial charge in [-0.3, -0.25) is 4.57 Å². The predicted molar refractivity (Wildman–Crippen MR) is 123 cm³/mol. The normalized spacial score (nSPS) is 12.8. The van der Waals surface area contributed by atoms with Crippen LogP contribution in [0.3, 0.4) is 0 Å². The minimum Gasteiger partial charge on any atom is -0.385 e. The second-order valence-electron chi connectivity index (χ2n) is 8.10. The molecule has 0 spiro atoms. The highest BCUT2D eigenvalue weighted by atomic mass is 35.5. The van der Waals surface area contributed by atoms with E-state index in [0.29, 0.717) is 16.3 Å². The molecule has 8 nitrogen and oxygen atoms in total. The first-order valence-corrected chi connectivity index (χ1v) is 11.1. The lowest BCUT2D eigenvalue weighted by Crippen LogP contribution is -2.27. The molecular weight excluding hydrogens is 485 g/mol. The van der Waals surface area contributed by atoms with Crippen LogP contribution in [0.5, 0.6) is 0 Å². The van der Waals surface area contributed by atoms with Crippen molar-refractivity contribution < 1.29 is 18.3 Å². The van der Waals surface area contributed by atoms with E-state index in [-0.39, 0.29) is 24.0 Å². The van der Waals surface area contributed by atoms with Crippen molar-refractivity contribution in [2.24, 2.45) is 0 Å². The Balaban J connectivity index is 1.74. The number of nitrogens with zero attached hydrogens (tertiary/aromatic N) is 6. The van der Waals surface area contributed by atoms with Gasteiger partial charge in [-0.25, -0.2) is 19.1 Å². The fourth-order valence-corrected chi connectivity index (χ4v) is 3.71. The predicted octanol–water partition coefficient (Wildman–Crippen LogP) is 4.31. The molecule has 4 rings (SSSR count). The van der Waals surface area contributed by atoms with E-state index >= 15 is 0 Å². The van der Waals surface area contributed by atoms with Crippen LogP contribution in [0.25, 0.3) is 17.1 Å². The van der Waals surface area contributed by atoms with Crippen LogP contribution in [0.4, 0.5) is 13.2 Å². The summed E-state index contributed by atoms with van der Waals surface area (Å²) in [4.78, 5) is 17.4. The van der Waals surface area contributed by atoms with Crippen LogP contribution < -0.4 is 5.69 Å². The topological polar surface area (TPSA) is 90.8 Å². The van der Waals surface area contributed by atoms with Crippen molar-refractivity contribution in [2.45, 2.75) is 45.6 Å². The molecule has 0 bridgehead atoms. The van der Waals surface area contributed by atoms with E-state index in [1.165, 1.54) is 11.6 Å². The van der Waals surface area contributed by atoms with Gasteiger partial charge in [-0.15, -0.1) is 10.2 Å². The Kier molecular flexibility index (Phi) is 6.82. The number of alkyl halides is 3. The van der Waals surface area contributed by atoms with Gasteiger partial charge in [0.15, 0.2) is 17.5 Å². The van der Waals surface area contributed by atoms with Crippen molar-refractivity contribution in [3.05, 3.63) is 81.3 Å². The lowest BCUT2D eigenvalue weighted by Gasteiger charge is -2.08. The monoisotopic (exact) mass is 506 g/mol. The number of aryl methyl sites for hydroxylation is 1. The van der Waals surface area contributed by atoms with Crippen molar-refractivity contribution in [3.8, 4) is 17.1 Å². The van der Waals surface area contributed by atoms with E-state index in [2.05, 4.69) is 15.2 Å². The Bertz CT molecular complexity index is 1390. The highest BCUT2D eigenvalue weighted by Crippen LogP contribution is 2.24. The van der Waals surface area contributed by atoms with E-state index in [1.54, 1.807) is 30.3 Å². The minimum atomic E-state index is -4.45. The van der Waals surface area contributed by atoms with Crippen molar-refractivity contribution in [1.82, 2.24) is 29.1 Å². The average molecular weight is 507 g/mol. The summed E-state index contributed by atoms with van der Waals surface area (Å²) >= 11 is 5.92. The number of halogens is 4. The van der Waals surface area contributed by atoms with Crippen molar-refractivity contribution in [2.75, 3.05) is 0 Å². The molecule has 0 saturated carbocycles. The van der Waals surface area contributed by atoms with Gasteiger partial charge in [-0.05, 0) is 55.8 Å². The number of aliphatic hydroxyl groups excluding tert-OH is 1. The quantitative estimate of drug-likeness (QED) is 0.403. The number of aromatic nitrogens is 6. The number of hydrogen-bond donors (Lipinski definition) is 1. The lowest BCUT2D eigenvalue weighted by molar-refractivity contribution is -0.136. The number of rotatable bonds is 7. The molecule has 2 aromatic carbocycles. The van der Waals surface area contributed by atoms with Gasteiger partial charge in [-0.1, -0.05) is 23.7 Å². The molecule has 0 aliphatic heterocycles. The molecule has 0 radical (unpaired) electrons. The average Bonchev–Trinajstić information content (AvgIpc) is 3.34. The Morgan fingerprint density at radius 3 is 2.46 bits per heavy atom. The standard InChI is InChI=1S/C23H22ClF3N6O2/c1-14-4-3-5-18(12-14)33-20(15(2)34)28-19(29-33)13-32-22(35)31(11-10-23(25,26)27)21(30-32)16-6-8-17(24)9-7-16/h3-9,12,15,34H,10-11,13H2,1-2H3. The molecule has 0 amide bonds. The smallest absolute Gasteiger partial charge is 0.385 e. The highest BCUT2D eigenvalue weighted by Gasteiger charge is 2.29. The summed E-state index contributed by atoms with van der Waals surface area (Å²) in [5.41, 5.74) is 1.35. The van der Waals surface area contributed by atoms with Gasteiger partial charge < -0.3 is 5.11 Å². The SMILES string of the molecule is Cc1cccc(-n2nc(Cn3nc(-c4ccc(Cl)cc4)n(CCC(F)(F)F)c3=O)nc2C(C)O)c1. The molecule has 4 aromatic rings. The first-order chi connectivity index (χ1) is 16.5. The molecule has 0 saturated heterocycles. The van der Waals surface area contributed by atoms with Crippen LogP contribution in [0, 0.1) is 6.92 Å². The summed E-state index contributed by atoms with van der Waals surface area (Å²) in [5, 5.41) is 19.4. The van der Waals surface area contributed by atoms with Crippen molar-refractivity contribution in [1.29, 1.82) is 0 Å². The Hall–Kier alpha value is -3.44. The molecular formula is C23H22ClF3N6O2. The van der Waals surface area contributed by atoms with Crippen LogP contribution >= 0.6 is 11.6 Å². The summed E-state index contributed by atoms with van der Waals surface area (Å²) in [7, 11) is 0. The Labute approximate surface area is 203 Å². The summed E-state index contributed by atoms with van der Waals surface area (Å²) in [6.07, 6.45) is -6.59. The molecule has 1 N–H and O–H groups in total. The van der Waals surface area contributed by atoms with Crippen LogP contribution in [0.2, 0.25) is 5.02 Å². The van der Waals surface area contributed by atoms with E-state index in [9.17, 15) is 23.1 Å². The Morgan fingerprint density at radius 1 is 1.11 bits per heavy atom. The maximum atomic E-state index is 13.0. The summed E-state index contributed by atoms with van der Waals surface area (Å²) in [6, 6.07) is 13.7. The van der Waals surface area contributed by atoms with E-state index in [4.69, 9.17) is 11.6 Å². The fourth-order valence-electron chi connectivity index (χ4n) is 3.59. The zero-order valence-electron chi connectivity index (χ0n) is 18.9. The minimum absolute atomic E-state index is 0.0739. The van der Waals surface area contributed by atoms with Crippen LogP contribution in [-0.4, -0.2) is 40.4 Å². The lowest BCUT2D eigenvalue weighted by atomic mass is 10.2. The van der Waals surface area contributed by atoms with Crippen LogP contribution in [0.15, 0.2) is 53.3 Å². The van der Waals surface area contributed by atoms with Gasteiger partial charge in [0.1, 0.15) is 12.6 Å². The number of hydrogen-bond acceptors (Lipinski definition) is 5. The third-order valence-corrected chi connectivity index (χ3v) is 5.48. The van der Waals surface area contributed by atoms with Gasteiger partial charge in [0, 0.05) is 17.1 Å². The summed E-state index contributed by atoms with van der Waals surface area (Å²) in [5.74, 6) is 0.505. The van der Waals surface area contributed by atoms with Crippen LogP contribution in [0.1, 0.15) is 36.7 Å². The highest BCUT2D eigenvalue weighted by molar-refractivity contribution is 6.30. The summed E-state index contributed by atoms with van der Waals surface area (Å²) < 4.78 is 42.2. The summed E-state index contributed by atoms with van der Waals surface area (Å²) in [6.45, 7) is 2.66. The largest absolute Gasteiger partial charge is 0.390 e. The zero-order chi connectivity index (χ0) is 25.3. The van der Waals surface area contributed by atoms with Crippen LogP contribution in [-0.2, 0) is 13.1 Å². The van der Waals surface area contributed by atoms with E-state index in [0.717, 1.165) is 14.8 Å². The fraction of sp³-hybridized carbons (Fsp3) is 0.304. The maximum Gasteiger partial charge on any atom is 0.390 e. The number of aliphatic hydroxyl groups is 1. The van der Waals surface area contributed by atoms with Gasteiger partial charge in [0.05, 0.1) is 12.1 Å².